The molecule has 3 aliphatic rings. The average Bonchev–Trinajstić information content (AvgIpc) is 3.24. The lowest BCUT2D eigenvalue weighted by Crippen LogP contribution is -2.38. The van der Waals surface area contributed by atoms with Crippen molar-refractivity contribution in [2.75, 3.05) is 19.6 Å². The van der Waals surface area contributed by atoms with Crippen LogP contribution in [0, 0.1) is 6.92 Å². The zero-order valence-electron chi connectivity index (χ0n) is 19.4. The molecule has 0 bridgehead atoms. The molecule has 2 atom stereocenters. The summed E-state index contributed by atoms with van der Waals surface area (Å²) in [6.45, 7) is 15.0. The van der Waals surface area contributed by atoms with E-state index in [4.69, 9.17) is 10.7 Å². The van der Waals surface area contributed by atoms with Gasteiger partial charge in [0.05, 0.1) is 11.4 Å². The third-order valence-corrected chi connectivity index (χ3v) is 6.55. The number of nitrogens with two attached hydrogens (primary N) is 1. The molecule has 0 aromatic carbocycles. The highest BCUT2D eigenvalue weighted by molar-refractivity contribution is 5.99. The SMILES string of the molecule is C=NN1C=C(C)C(N2CC[C@H](N)C2)=N/C1=C/C[C@@H]1CCCCN1C(=C)c1ccc(C)cn1. The fraction of sp³-hybridized carbons (Fsp3) is 0.480. The van der Waals surface area contributed by atoms with E-state index in [-0.39, 0.29) is 6.04 Å². The second kappa shape index (κ2) is 9.69. The molecule has 0 amide bonds. The van der Waals surface area contributed by atoms with E-state index in [1.165, 1.54) is 12.8 Å². The number of hydrazone groups is 1. The number of amidine groups is 1. The summed E-state index contributed by atoms with van der Waals surface area (Å²) >= 11 is 0. The van der Waals surface area contributed by atoms with Crippen LogP contribution in [0.5, 0.6) is 0 Å². The maximum Gasteiger partial charge on any atom is 0.151 e. The average molecular weight is 434 g/mol. The molecule has 7 nitrogen and oxygen atoms in total. The lowest BCUT2D eigenvalue weighted by Gasteiger charge is -2.38. The van der Waals surface area contributed by atoms with Crippen molar-refractivity contribution in [2.24, 2.45) is 15.8 Å². The van der Waals surface area contributed by atoms with Gasteiger partial charge in [-0.05, 0) is 63.7 Å². The van der Waals surface area contributed by atoms with Crippen LogP contribution >= 0.6 is 0 Å². The number of rotatable bonds is 5. The summed E-state index contributed by atoms with van der Waals surface area (Å²) < 4.78 is 0. The molecule has 1 aromatic heterocycles. The Kier molecular flexibility index (Phi) is 6.74. The number of aromatic nitrogens is 1. The van der Waals surface area contributed by atoms with Gasteiger partial charge in [0.2, 0.25) is 0 Å². The molecule has 170 valence electrons. The van der Waals surface area contributed by atoms with Gasteiger partial charge in [-0.2, -0.15) is 5.10 Å². The van der Waals surface area contributed by atoms with Crippen molar-refractivity contribution >= 4 is 18.3 Å². The van der Waals surface area contributed by atoms with Gasteiger partial charge in [-0.25, -0.2) is 10.0 Å². The standard InChI is InChI=1S/C25H35N7/c1-18-8-10-23(28-15-18)20(3)31-13-6-5-7-22(31)9-11-24-29-25(19(2)16-32(24)27-4)30-14-12-21(26)17-30/h8,10-11,15-16,21-22H,3-7,9,12-14,17,26H2,1-2H3/b24-11-/t21-,22-/m0/s1. The Hall–Kier alpha value is -2.93. The van der Waals surface area contributed by atoms with Gasteiger partial charge in [-0.3, -0.25) is 4.98 Å². The highest BCUT2D eigenvalue weighted by atomic mass is 15.5. The molecular weight excluding hydrogens is 398 g/mol. The molecule has 0 saturated carbocycles. The van der Waals surface area contributed by atoms with Crippen LogP contribution in [-0.4, -0.2) is 64.1 Å². The topological polar surface area (TPSA) is 73.3 Å². The van der Waals surface area contributed by atoms with Gasteiger partial charge >= 0.3 is 0 Å². The molecule has 0 unspecified atom stereocenters. The van der Waals surface area contributed by atoms with E-state index >= 15 is 0 Å². The lowest BCUT2D eigenvalue weighted by atomic mass is 9.97. The molecule has 0 spiro atoms. The number of hydrogen-bond acceptors (Lipinski definition) is 7. The van der Waals surface area contributed by atoms with Crippen molar-refractivity contribution in [1.82, 2.24) is 19.8 Å². The van der Waals surface area contributed by atoms with E-state index in [0.29, 0.717) is 6.04 Å². The number of aryl methyl sites for hydroxylation is 1. The summed E-state index contributed by atoms with van der Waals surface area (Å²) in [6, 6.07) is 4.74. The summed E-state index contributed by atoms with van der Waals surface area (Å²) in [6.07, 6.45) is 11.5. The van der Waals surface area contributed by atoms with E-state index in [2.05, 4.69) is 65.2 Å². The van der Waals surface area contributed by atoms with Gasteiger partial charge in [0, 0.05) is 56.4 Å². The van der Waals surface area contributed by atoms with Gasteiger partial charge in [0.1, 0.15) is 5.84 Å². The number of hydrogen-bond donors (Lipinski definition) is 1. The minimum atomic E-state index is 0.214. The summed E-state index contributed by atoms with van der Waals surface area (Å²) in [4.78, 5) is 14.3. The molecule has 2 saturated heterocycles. The van der Waals surface area contributed by atoms with Crippen molar-refractivity contribution in [2.45, 2.75) is 58.0 Å². The normalized spacial score (nSPS) is 25.1. The first-order chi connectivity index (χ1) is 15.5. The van der Waals surface area contributed by atoms with E-state index in [1.807, 2.05) is 12.4 Å². The van der Waals surface area contributed by atoms with Crippen molar-refractivity contribution in [3.8, 4) is 0 Å². The van der Waals surface area contributed by atoms with Crippen molar-refractivity contribution < 1.29 is 0 Å². The monoisotopic (exact) mass is 433 g/mol. The van der Waals surface area contributed by atoms with Crippen LogP contribution in [0.15, 0.2) is 58.7 Å². The molecule has 2 N–H and O–H groups in total. The van der Waals surface area contributed by atoms with Crippen LogP contribution in [-0.2, 0) is 0 Å². The maximum absolute atomic E-state index is 6.13. The molecule has 3 aliphatic heterocycles. The smallest absolute Gasteiger partial charge is 0.151 e. The molecule has 0 radical (unpaired) electrons. The number of nitrogens with zero attached hydrogens (tertiary/aromatic N) is 6. The fourth-order valence-electron chi connectivity index (χ4n) is 4.74. The summed E-state index contributed by atoms with van der Waals surface area (Å²) in [5.41, 5.74) is 10.3. The molecule has 2 fully saturated rings. The van der Waals surface area contributed by atoms with Crippen LogP contribution in [0.25, 0.3) is 5.70 Å². The van der Waals surface area contributed by atoms with Gasteiger partial charge in [-0.1, -0.05) is 12.6 Å². The number of pyridine rings is 1. The quantitative estimate of drug-likeness (QED) is 0.717. The maximum atomic E-state index is 6.13. The van der Waals surface area contributed by atoms with E-state index < -0.39 is 0 Å². The van der Waals surface area contributed by atoms with Gasteiger partial charge in [-0.15, -0.1) is 0 Å². The molecule has 4 heterocycles. The fourth-order valence-corrected chi connectivity index (χ4v) is 4.74. The van der Waals surface area contributed by atoms with E-state index in [0.717, 1.165) is 73.1 Å². The van der Waals surface area contributed by atoms with Gasteiger partial charge < -0.3 is 15.5 Å². The largest absolute Gasteiger partial charge is 0.367 e. The second-order valence-corrected chi connectivity index (χ2v) is 9.04. The third kappa shape index (κ3) is 4.78. The van der Waals surface area contributed by atoms with Crippen LogP contribution < -0.4 is 5.73 Å². The molecule has 4 rings (SSSR count). The summed E-state index contributed by atoms with van der Waals surface area (Å²) in [5, 5.41) is 5.95. The Labute approximate surface area is 191 Å². The first-order valence-electron chi connectivity index (χ1n) is 11.6. The predicted octanol–water partition coefficient (Wildman–Crippen LogP) is 3.71. The van der Waals surface area contributed by atoms with Crippen LogP contribution in [0.4, 0.5) is 0 Å². The first kappa shape index (κ1) is 22.3. The van der Waals surface area contributed by atoms with E-state index in [1.54, 1.807) is 5.01 Å². The van der Waals surface area contributed by atoms with Crippen LogP contribution in [0.1, 0.15) is 50.3 Å². The Balaban J connectivity index is 1.53. The molecule has 32 heavy (non-hydrogen) atoms. The lowest BCUT2D eigenvalue weighted by molar-refractivity contribution is 0.228. The summed E-state index contributed by atoms with van der Waals surface area (Å²) in [7, 11) is 0. The first-order valence-corrected chi connectivity index (χ1v) is 11.6. The van der Waals surface area contributed by atoms with Crippen molar-refractivity contribution in [1.29, 1.82) is 0 Å². The van der Waals surface area contributed by atoms with Crippen molar-refractivity contribution in [3.63, 3.8) is 0 Å². The highest BCUT2D eigenvalue weighted by Gasteiger charge is 2.28. The minimum absolute atomic E-state index is 0.214. The number of piperidine rings is 1. The van der Waals surface area contributed by atoms with Gasteiger partial charge in [0.15, 0.2) is 5.82 Å². The van der Waals surface area contributed by atoms with Gasteiger partial charge in [0.25, 0.3) is 0 Å². The Morgan fingerprint density at radius 2 is 2.09 bits per heavy atom. The minimum Gasteiger partial charge on any atom is -0.367 e. The predicted molar refractivity (Wildman–Crippen MR) is 132 cm³/mol. The highest BCUT2D eigenvalue weighted by Crippen LogP contribution is 2.29. The number of likely N-dealkylation sites (tertiary alicyclic amines) is 2. The zero-order chi connectivity index (χ0) is 22.7. The number of aliphatic imine (C=N–C) groups is 1. The molecule has 1 aromatic rings. The Morgan fingerprint density at radius 3 is 2.78 bits per heavy atom. The Morgan fingerprint density at radius 1 is 1.25 bits per heavy atom. The second-order valence-electron chi connectivity index (χ2n) is 9.04. The van der Waals surface area contributed by atoms with Crippen molar-refractivity contribution in [3.05, 3.63) is 59.8 Å². The van der Waals surface area contributed by atoms with E-state index in [9.17, 15) is 0 Å². The summed E-state index contributed by atoms with van der Waals surface area (Å²) in [5.74, 6) is 1.82. The zero-order valence-corrected chi connectivity index (χ0v) is 19.4. The van der Waals surface area contributed by atoms with Crippen LogP contribution in [0.3, 0.4) is 0 Å². The molecular formula is C25H35N7. The third-order valence-electron chi connectivity index (χ3n) is 6.55. The molecule has 7 heteroatoms. The van der Waals surface area contributed by atoms with Crippen LogP contribution in [0.2, 0.25) is 0 Å². The Bertz CT molecular complexity index is 944. The molecule has 0 aliphatic carbocycles.